The van der Waals surface area contributed by atoms with Crippen molar-refractivity contribution in [3.8, 4) is 11.6 Å². The van der Waals surface area contributed by atoms with Gasteiger partial charge in [0.1, 0.15) is 11.8 Å². The minimum atomic E-state index is -0.632. The average Bonchev–Trinajstić information content (AvgIpc) is 2.87. The number of halogens is 1. The Morgan fingerprint density at radius 3 is 2.89 bits per heavy atom. The molecule has 3 rings (SSSR count). The summed E-state index contributed by atoms with van der Waals surface area (Å²) >= 11 is 3.40. The summed E-state index contributed by atoms with van der Waals surface area (Å²) in [6, 6.07) is 4.67. The standard InChI is InChI=1S/C12H11BrN4O2/c1-5-2-10(17-16-5)19-9-4-8-6(3-7(9)13)11(14)12(18)15-8/h2-4,11H,14H2,1H3,(H,15,18)(H,16,17). The summed E-state index contributed by atoms with van der Waals surface area (Å²) in [5, 5.41) is 9.50. The normalized spacial score (nSPS) is 17.2. The summed E-state index contributed by atoms with van der Waals surface area (Å²) in [6.45, 7) is 1.89. The molecule has 0 bridgehead atoms. The maximum Gasteiger partial charge on any atom is 0.245 e. The van der Waals surface area contributed by atoms with E-state index in [2.05, 4.69) is 31.4 Å². The van der Waals surface area contributed by atoms with Crippen molar-refractivity contribution in [2.24, 2.45) is 5.73 Å². The molecule has 1 atom stereocenters. The Labute approximate surface area is 117 Å². The van der Waals surface area contributed by atoms with Gasteiger partial charge in [-0.15, -0.1) is 5.10 Å². The van der Waals surface area contributed by atoms with Crippen LogP contribution in [0.1, 0.15) is 17.3 Å². The Kier molecular flexibility index (Phi) is 2.79. The number of ether oxygens (including phenoxy) is 1. The smallest absolute Gasteiger partial charge is 0.245 e. The van der Waals surface area contributed by atoms with E-state index < -0.39 is 6.04 Å². The first-order chi connectivity index (χ1) is 9.04. The number of rotatable bonds is 2. The van der Waals surface area contributed by atoms with Gasteiger partial charge in [0.05, 0.1) is 4.47 Å². The first-order valence-corrected chi connectivity index (χ1v) is 6.43. The van der Waals surface area contributed by atoms with E-state index >= 15 is 0 Å². The fourth-order valence-corrected chi connectivity index (χ4v) is 2.36. The molecule has 0 saturated heterocycles. The minimum absolute atomic E-state index is 0.213. The van der Waals surface area contributed by atoms with Crippen molar-refractivity contribution >= 4 is 27.5 Å². The van der Waals surface area contributed by atoms with Crippen LogP contribution in [0, 0.1) is 6.92 Å². The molecule has 0 spiro atoms. The number of hydrogen-bond donors (Lipinski definition) is 3. The average molecular weight is 323 g/mol. The number of H-pyrrole nitrogens is 1. The lowest BCUT2D eigenvalue weighted by molar-refractivity contribution is -0.116. The molecule has 0 aliphatic carbocycles. The minimum Gasteiger partial charge on any atom is -0.436 e. The maximum atomic E-state index is 11.5. The summed E-state index contributed by atoms with van der Waals surface area (Å²) in [6.07, 6.45) is 0. The number of aromatic nitrogens is 2. The molecule has 7 heteroatoms. The quantitative estimate of drug-likeness (QED) is 0.790. The van der Waals surface area contributed by atoms with Crippen LogP contribution in [0.3, 0.4) is 0 Å². The number of aryl methyl sites for hydroxylation is 1. The van der Waals surface area contributed by atoms with Gasteiger partial charge >= 0.3 is 0 Å². The Morgan fingerprint density at radius 2 is 2.21 bits per heavy atom. The highest BCUT2D eigenvalue weighted by molar-refractivity contribution is 9.10. The largest absolute Gasteiger partial charge is 0.436 e. The Hall–Kier alpha value is -1.86. The molecule has 98 valence electrons. The van der Waals surface area contributed by atoms with Crippen LogP contribution in [0.2, 0.25) is 0 Å². The van der Waals surface area contributed by atoms with Gasteiger partial charge in [0.2, 0.25) is 11.8 Å². The van der Waals surface area contributed by atoms with E-state index in [-0.39, 0.29) is 5.91 Å². The van der Waals surface area contributed by atoms with E-state index in [1.807, 2.05) is 6.92 Å². The van der Waals surface area contributed by atoms with E-state index in [1.165, 1.54) is 0 Å². The molecular weight excluding hydrogens is 312 g/mol. The molecule has 4 N–H and O–H groups in total. The SMILES string of the molecule is Cc1cc(Oc2cc3c(cc2Br)C(N)C(=O)N3)n[nH]1. The van der Waals surface area contributed by atoms with Crippen LogP contribution in [-0.4, -0.2) is 16.1 Å². The molecule has 2 aromatic rings. The van der Waals surface area contributed by atoms with Crippen molar-refractivity contribution in [3.63, 3.8) is 0 Å². The van der Waals surface area contributed by atoms with Gasteiger partial charge in [0.25, 0.3) is 0 Å². The highest BCUT2D eigenvalue weighted by atomic mass is 79.9. The maximum absolute atomic E-state index is 11.5. The van der Waals surface area contributed by atoms with Crippen LogP contribution in [0.4, 0.5) is 5.69 Å². The Morgan fingerprint density at radius 1 is 1.42 bits per heavy atom. The van der Waals surface area contributed by atoms with Crippen molar-refractivity contribution in [3.05, 3.63) is 33.9 Å². The molecule has 1 amide bonds. The fraction of sp³-hybridized carbons (Fsp3) is 0.167. The second kappa shape index (κ2) is 4.36. The zero-order valence-corrected chi connectivity index (χ0v) is 11.6. The molecule has 19 heavy (non-hydrogen) atoms. The van der Waals surface area contributed by atoms with Crippen LogP contribution >= 0.6 is 15.9 Å². The molecule has 1 aliphatic heterocycles. The van der Waals surface area contributed by atoms with E-state index in [0.29, 0.717) is 17.3 Å². The van der Waals surface area contributed by atoms with Crippen LogP contribution in [0.5, 0.6) is 11.6 Å². The van der Waals surface area contributed by atoms with Gasteiger partial charge in [0.15, 0.2) is 0 Å². The number of fused-ring (bicyclic) bond motifs is 1. The highest BCUT2D eigenvalue weighted by Gasteiger charge is 2.28. The number of nitrogens with one attached hydrogen (secondary N) is 2. The summed E-state index contributed by atoms with van der Waals surface area (Å²) in [5.74, 6) is 0.820. The van der Waals surface area contributed by atoms with Gasteiger partial charge in [-0.2, -0.15) is 0 Å². The molecule has 0 radical (unpaired) electrons. The van der Waals surface area contributed by atoms with Crippen LogP contribution in [-0.2, 0) is 4.79 Å². The number of nitrogens with two attached hydrogens (primary N) is 1. The number of nitrogens with zero attached hydrogens (tertiary/aromatic N) is 1. The number of aromatic amines is 1. The Bertz CT molecular complexity index is 668. The number of anilines is 1. The molecule has 1 aromatic carbocycles. The molecule has 0 fully saturated rings. The number of hydrogen-bond acceptors (Lipinski definition) is 4. The first-order valence-electron chi connectivity index (χ1n) is 5.64. The van der Waals surface area contributed by atoms with E-state index in [4.69, 9.17) is 10.5 Å². The molecule has 1 unspecified atom stereocenters. The number of carbonyl (C=O) groups is 1. The lowest BCUT2D eigenvalue weighted by Crippen LogP contribution is -2.19. The summed E-state index contributed by atoms with van der Waals surface area (Å²) in [4.78, 5) is 11.5. The third-order valence-electron chi connectivity index (χ3n) is 2.88. The predicted molar refractivity (Wildman–Crippen MR) is 73.1 cm³/mol. The van der Waals surface area contributed by atoms with Gasteiger partial charge in [-0.1, -0.05) is 0 Å². The third kappa shape index (κ3) is 2.11. The van der Waals surface area contributed by atoms with Crippen LogP contribution < -0.4 is 15.8 Å². The van der Waals surface area contributed by atoms with E-state index in [1.54, 1.807) is 18.2 Å². The zero-order valence-electron chi connectivity index (χ0n) is 10.0. The predicted octanol–water partition coefficient (Wildman–Crippen LogP) is 2.22. The van der Waals surface area contributed by atoms with Crippen molar-refractivity contribution in [2.45, 2.75) is 13.0 Å². The Balaban J connectivity index is 1.96. The van der Waals surface area contributed by atoms with Crippen molar-refractivity contribution < 1.29 is 9.53 Å². The lowest BCUT2D eigenvalue weighted by Gasteiger charge is -2.08. The summed E-state index contributed by atoms with van der Waals surface area (Å²) in [5.41, 5.74) is 8.10. The van der Waals surface area contributed by atoms with Gasteiger partial charge in [-0.3, -0.25) is 9.89 Å². The summed E-state index contributed by atoms with van der Waals surface area (Å²) < 4.78 is 6.37. The fourth-order valence-electron chi connectivity index (χ4n) is 1.92. The van der Waals surface area contributed by atoms with E-state index in [9.17, 15) is 4.79 Å². The molecule has 0 saturated carbocycles. The van der Waals surface area contributed by atoms with Crippen molar-refractivity contribution in [1.82, 2.24) is 10.2 Å². The summed E-state index contributed by atoms with van der Waals surface area (Å²) in [7, 11) is 0. The first kappa shape index (κ1) is 12.2. The van der Waals surface area contributed by atoms with Crippen LogP contribution in [0.25, 0.3) is 0 Å². The van der Waals surface area contributed by atoms with Gasteiger partial charge in [-0.05, 0) is 28.9 Å². The monoisotopic (exact) mass is 322 g/mol. The molecular formula is C12H11BrN4O2. The topological polar surface area (TPSA) is 93.0 Å². The molecule has 2 heterocycles. The van der Waals surface area contributed by atoms with E-state index in [0.717, 1.165) is 15.7 Å². The molecule has 1 aromatic heterocycles. The zero-order chi connectivity index (χ0) is 13.6. The van der Waals surface area contributed by atoms with Crippen molar-refractivity contribution in [2.75, 3.05) is 5.32 Å². The van der Waals surface area contributed by atoms with Crippen molar-refractivity contribution in [1.29, 1.82) is 0 Å². The van der Waals surface area contributed by atoms with Crippen LogP contribution in [0.15, 0.2) is 22.7 Å². The molecule has 6 nitrogen and oxygen atoms in total. The number of benzene rings is 1. The second-order valence-electron chi connectivity index (χ2n) is 4.33. The lowest BCUT2D eigenvalue weighted by atomic mass is 10.1. The number of amides is 1. The van der Waals surface area contributed by atoms with Gasteiger partial charge in [0, 0.05) is 29.1 Å². The van der Waals surface area contributed by atoms with Gasteiger partial charge < -0.3 is 15.8 Å². The molecule has 1 aliphatic rings. The second-order valence-corrected chi connectivity index (χ2v) is 5.18. The third-order valence-corrected chi connectivity index (χ3v) is 3.50. The highest BCUT2D eigenvalue weighted by Crippen LogP contribution is 2.39. The number of carbonyl (C=O) groups excluding carboxylic acids is 1. The van der Waals surface area contributed by atoms with Gasteiger partial charge in [-0.25, -0.2) is 0 Å².